The average Bonchev–Trinajstić information content (AvgIpc) is 2.57. The summed E-state index contributed by atoms with van der Waals surface area (Å²) in [6.07, 6.45) is 0.990. The van der Waals surface area contributed by atoms with Crippen LogP contribution in [0.1, 0.15) is 43.1 Å². The Bertz CT molecular complexity index is 731. The minimum Gasteiger partial charge on any atom is -0.494 e. The summed E-state index contributed by atoms with van der Waals surface area (Å²) in [5, 5.41) is 0.658. The quantitative estimate of drug-likeness (QED) is 0.613. The van der Waals surface area contributed by atoms with E-state index >= 15 is 0 Å². The lowest BCUT2D eigenvalue weighted by Crippen LogP contribution is -2.23. The van der Waals surface area contributed by atoms with Crippen molar-refractivity contribution in [2.45, 2.75) is 33.6 Å². The summed E-state index contributed by atoms with van der Waals surface area (Å²) < 4.78 is 5.68. The molecule has 0 saturated carbocycles. The first-order chi connectivity index (χ1) is 11.8. The van der Waals surface area contributed by atoms with Gasteiger partial charge >= 0.3 is 0 Å². The largest absolute Gasteiger partial charge is 0.494 e. The zero-order valence-electron chi connectivity index (χ0n) is 14.8. The van der Waals surface area contributed by atoms with Crippen LogP contribution in [0.3, 0.4) is 0 Å². The first-order valence-electron chi connectivity index (χ1n) is 8.29. The molecule has 0 radical (unpaired) electrons. The minimum absolute atomic E-state index is 0.0478. The van der Waals surface area contributed by atoms with Gasteiger partial charge in [-0.05, 0) is 55.3 Å². The number of benzene rings is 2. The molecule has 0 aromatic heterocycles. The molecule has 0 heterocycles. The Morgan fingerprint density at radius 3 is 2.16 bits per heavy atom. The molecule has 0 spiro atoms. The lowest BCUT2D eigenvalue weighted by Gasteiger charge is -2.20. The number of rotatable bonds is 8. The first-order valence-corrected chi connectivity index (χ1v) is 8.67. The lowest BCUT2D eigenvalue weighted by atomic mass is 9.86. The topological polar surface area (TPSA) is 43.4 Å². The molecule has 0 aliphatic rings. The van der Waals surface area contributed by atoms with Gasteiger partial charge in [-0.2, -0.15) is 0 Å². The van der Waals surface area contributed by atoms with Gasteiger partial charge in [0.2, 0.25) is 0 Å². The van der Waals surface area contributed by atoms with Crippen LogP contribution in [0.5, 0.6) is 5.75 Å². The van der Waals surface area contributed by atoms with Gasteiger partial charge in [-0.15, -0.1) is 0 Å². The second-order valence-corrected chi connectivity index (χ2v) is 7.23. The van der Waals surface area contributed by atoms with Crippen molar-refractivity contribution >= 4 is 23.2 Å². The molecule has 0 aliphatic carbocycles. The van der Waals surface area contributed by atoms with E-state index in [1.165, 1.54) is 0 Å². The molecule has 0 bridgehead atoms. The van der Waals surface area contributed by atoms with E-state index in [0.29, 0.717) is 35.8 Å². The molecule has 25 heavy (non-hydrogen) atoms. The highest BCUT2D eigenvalue weighted by Gasteiger charge is 2.23. The van der Waals surface area contributed by atoms with Gasteiger partial charge in [-0.3, -0.25) is 9.59 Å². The van der Waals surface area contributed by atoms with E-state index < -0.39 is 0 Å². The van der Waals surface area contributed by atoms with E-state index in [-0.39, 0.29) is 17.0 Å². The minimum atomic E-state index is -0.380. The van der Waals surface area contributed by atoms with Gasteiger partial charge in [0.15, 0.2) is 5.78 Å². The smallest absolute Gasteiger partial charge is 0.167 e. The van der Waals surface area contributed by atoms with Crippen LogP contribution < -0.4 is 4.74 Å². The molecule has 0 saturated heterocycles. The molecule has 0 atom stereocenters. The van der Waals surface area contributed by atoms with Gasteiger partial charge in [-0.1, -0.05) is 37.6 Å². The highest BCUT2D eigenvalue weighted by Crippen LogP contribution is 2.22. The third-order valence-electron chi connectivity index (χ3n) is 4.40. The van der Waals surface area contributed by atoms with Crippen molar-refractivity contribution in [3.8, 4) is 5.75 Å². The van der Waals surface area contributed by atoms with Crippen molar-refractivity contribution in [3.05, 3.63) is 64.7 Å². The summed E-state index contributed by atoms with van der Waals surface area (Å²) in [4.78, 5) is 23.8. The molecular formula is C21H23ClO3. The van der Waals surface area contributed by atoms with Crippen LogP contribution in [0.2, 0.25) is 5.02 Å². The molecule has 0 aliphatic heterocycles. The fourth-order valence-electron chi connectivity index (χ4n) is 2.23. The highest BCUT2D eigenvalue weighted by atomic mass is 35.5. The molecule has 2 rings (SSSR count). The summed E-state index contributed by atoms with van der Waals surface area (Å²) in [5.74, 6) is 0.897. The Kier molecular flexibility index (Phi) is 6.38. The summed E-state index contributed by atoms with van der Waals surface area (Å²) >= 11 is 5.85. The van der Waals surface area contributed by atoms with Gasteiger partial charge in [0.05, 0.1) is 6.61 Å². The van der Waals surface area contributed by atoms with E-state index in [9.17, 15) is 9.59 Å². The van der Waals surface area contributed by atoms with Gasteiger partial charge in [0.1, 0.15) is 11.5 Å². The molecule has 0 amide bonds. The van der Waals surface area contributed by atoms with Crippen molar-refractivity contribution in [1.29, 1.82) is 0 Å². The molecule has 0 unspecified atom stereocenters. The first kappa shape index (κ1) is 19.2. The van der Waals surface area contributed by atoms with Gasteiger partial charge in [0, 0.05) is 22.4 Å². The summed E-state index contributed by atoms with van der Waals surface area (Å²) in [7, 11) is 0. The predicted molar refractivity (Wildman–Crippen MR) is 101 cm³/mol. The van der Waals surface area contributed by atoms with Crippen LogP contribution in [0.15, 0.2) is 48.5 Å². The van der Waals surface area contributed by atoms with Crippen LogP contribution in [-0.4, -0.2) is 18.2 Å². The Morgan fingerprint density at radius 2 is 1.60 bits per heavy atom. The zero-order valence-corrected chi connectivity index (χ0v) is 15.6. The maximum atomic E-state index is 12.3. The third-order valence-corrected chi connectivity index (χ3v) is 4.66. The number of hydrogen-bond acceptors (Lipinski definition) is 3. The zero-order chi connectivity index (χ0) is 18.4. The molecule has 132 valence electrons. The molecular weight excluding hydrogens is 336 g/mol. The van der Waals surface area contributed by atoms with Gasteiger partial charge in [-0.25, -0.2) is 0 Å². The standard InChI is InChI=1S/C21H23ClO3/c1-15(23)21(2,3)12-13-25-19-10-6-17(7-11-19)20(24)14-16-4-8-18(22)9-5-16/h4-11H,12-14H2,1-3H3. The van der Waals surface area contributed by atoms with Crippen molar-refractivity contribution < 1.29 is 14.3 Å². The fourth-order valence-corrected chi connectivity index (χ4v) is 2.35. The number of ether oxygens (including phenoxy) is 1. The number of hydrogen-bond donors (Lipinski definition) is 0. The van der Waals surface area contributed by atoms with E-state index in [2.05, 4.69) is 0 Å². The van der Waals surface area contributed by atoms with E-state index in [4.69, 9.17) is 16.3 Å². The second kappa shape index (κ2) is 8.30. The number of Topliss-reactive ketones (excluding diaryl/α,β-unsaturated/α-hetero) is 2. The molecule has 3 nitrogen and oxygen atoms in total. The van der Waals surface area contributed by atoms with Crippen LogP contribution in [0.25, 0.3) is 0 Å². The Morgan fingerprint density at radius 1 is 1.00 bits per heavy atom. The second-order valence-electron chi connectivity index (χ2n) is 6.79. The normalized spacial score (nSPS) is 11.2. The number of carbonyl (C=O) groups is 2. The van der Waals surface area contributed by atoms with Crippen molar-refractivity contribution in [3.63, 3.8) is 0 Å². The SMILES string of the molecule is CC(=O)C(C)(C)CCOc1ccc(C(=O)Cc2ccc(Cl)cc2)cc1. The summed E-state index contributed by atoms with van der Waals surface area (Å²) in [6.45, 7) is 5.89. The summed E-state index contributed by atoms with van der Waals surface area (Å²) in [5.41, 5.74) is 1.20. The van der Waals surface area contributed by atoms with E-state index in [0.717, 1.165) is 5.56 Å². The maximum absolute atomic E-state index is 12.3. The number of carbonyl (C=O) groups excluding carboxylic acids is 2. The van der Waals surface area contributed by atoms with Crippen LogP contribution >= 0.6 is 11.6 Å². The third kappa shape index (κ3) is 5.71. The van der Waals surface area contributed by atoms with Crippen molar-refractivity contribution in [2.75, 3.05) is 6.61 Å². The van der Waals surface area contributed by atoms with Crippen LogP contribution in [0, 0.1) is 5.41 Å². The monoisotopic (exact) mass is 358 g/mol. The average molecular weight is 359 g/mol. The maximum Gasteiger partial charge on any atom is 0.167 e. The molecule has 2 aromatic carbocycles. The van der Waals surface area contributed by atoms with Crippen molar-refractivity contribution in [1.82, 2.24) is 0 Å². The Labute approximate surface area is 154 Å². The molecule has 4 heteroatoms. The van der Waals surface area contributed by atoms with Gasteiger partial charge < -0.3 is 4.74 Å². The highest BCUT2D eigenvalue weighted by molar-refractivity contribution is 6.30. The Balaban J connectivity index is 1.89. The van der Waals surface area contributed by atoms with Crippen LogP contribution in [0.4, 0.5) is 0 Å². The number of halogens is 1. The predicted octanol–water partition coefficient (Wildman–Crippen LogP) is 5.15. The van der Waals surface area contributed by atoms with E-state index in [1.807, 2.05) is 26.0 Å². The molecule has 2 aromatic rings. The number of ketones is 2. The van der Waals surface area contributed by atoms with Crippen LogP contribution in [-0.2, 0) is 11.2 Å². The van der Waals surface area contributed by atoms with Gasteiger partial charge in [0.25, 0.3) is 0 Å². The van der Waals surface area contributed by atoms with Crippen molar-refractivity contribution in [2.24, 2.45) is 5.41 Å². The lowest BCUT2D eigenvalue weighted by molar-refractivity contribution is -0.125. The molecule has 0 fully saturated rings. The Hall–Kier alpha value is -2.13. The summed E-state index contributed by atoms with van der Waals surface area (Å²) in [6, 6.07) is 14.4. The molecule has 0 N–H and O–H groups in total. The fraction of sp³-hybridized carbons (Fsp3) is 0.333. The van der Waals surface area contributed by atoms with E-state index in [1.54, 1.807) is 43.3 Å².